The molecular formula is C20H27N3O3. The Hall–Kier alpha value is -2.37. The van der Waals surface area contributed by atoms with Crippen LogP contribution in [-0.2, 0) is 9.59 Å². The van der Waals surface area contributed by atoms with E-state index in [1.807, 2.05) is 0 Å². The first-order valence-corrected chi connectivity index (χ1v) is 9.33. The van der Waals surface area contributed by atoms with Crippen molar-refractivity contribution in [1.29, 1.82) is 0 Å². The van der Waals surface area contributed by atoms with Crippen LogP contribution in [0.3, 0.4) is 0 Å². The Bertz CT molecular complexity index is 697. The van der Waals surface area contributed by atoms with Gasteiger partial charge in [-0.1, -0.05) is 6.42 Å². The summed E-state index contributed by atoms with van der Waals surface area (Å²) in [5.74, 6) is 1.47. The highest BCUT2D eigenvalue weighted by molar-refractivity contribution is 6.00. The van der Waals surface area contributed by atoms with E-state index in [0.29, 0.717) is 22.9 Å². The number of carbonyl (C=O) groups is 3. The molecule has 4 atom stereocenters. The molecule has 0 radical (unpaired) electrons. The number of amides is 3. The summed E-state index contributed by atoms with van der Waals surface area (Å²) in [6, 6.07) is 5.02. The molecule has 4 unspecified atom stereocenters. The van der Waals surface area contributed by atoms with Crippen molar-refractivity contribution >= 4 is 29.1 Å². The Labute approximate surface area is 154 Å². The van der Waals surface area contributed by atoms with Crippen LogP contribution in [0.4, 0.5) is 11.4 Å². The Morgan fingerprint density at radius 1 is 0.962 bits per heavy atom. The van der Waals surface area contributed by atoms with Crippen LogP contribution >= 0.6 is 0 Å². The molecule has 3 N–H and O–H groups in total. The van der Waals surface area contributed by atoms with E-state index in [1.165, 1.54) is 39.5 Å². The smallest absolute Gasteiger partial charge is 0.251 e. The second-order valence-electron chi connectivity index (χ2n) is 7.76. The van der Waals surface area contributed by atoms with Crippen molar-refractivity contribution < 1.29 is 14.4 Å². The van der Waals surface area contributed by atoms with Crippen molar-refractivity contribution in [3.63, 3.8) is 0 Å². The van der Waals surface area contributed by atoms with Crippen molar-refractivity contribution in [3.05, 3.63) is 23.8 Å². The minimum Gasteiger partial charge on any atom is -0.349 e. The molecule has 0 aromatic heterocycles. The minimum atomic E-state index is -0.230. The highest BCUT2D eigenvalue weighted by Gasteiger charge is 2.42. The lowest BCUT2D eigenvalue weighted by Crippen LogP contribution is -2.40. The third-order valence-corrected chi connectivity index (χ3v) is 5.63. The van der Waals surface area contributed by atoms with E-state index in [0.717, 1.165) is 11.8 Å². The first kappa shape index (κ1) is 18.4. The fraction of sp³-hybridized carbons (Fsp3) is 0.550. The summed E-state index contributed by atoms with van der Waals surface area (Å²) in [7, 11) is 0. The van der Waals surface area contributed by atoms with Gasteiger partial charge in [0.25, 0.3) is 5.91 Å². The fourth-order valence-corrected chi connectivity index (χ4v) is 4.61. The predicted molar refractivity (Wildman–Crippen MR) is 101 cm³/mol. The van der Waals surface area contributed by atoms with Crippen molar-refractivity contribution in [2.45, 2.75) is 52.5 Å². The molecule has 1 aromatic rings. The Balaban J connectivity index is 1.74. The van der Waals surface area contributed by atoms with Gasteiger partial charge in [0.2, 0.25) is 11.8 Å². The maximum atomic E-state index is 12.8. The summed E-state index contributed by atoms with van der Waals surface area (Å²) in [5, 5.41) is 8.47. The van der Waals surface area contributed by atoms with E-state index < -0.39 is 0 Å². The highest BCUT2D eigenvalue weighted by atomic mass is 16.2. The van der Waals surface area contributed by atoms with Crippen LogP contribution in [0.25, 0.3) is 0 Å². The highest BCUT2D eigenvalue weighted by Crippen LogP contribution is 2.49. The summed E-state index contributed by atoms with van der Waals surface area (Å²) >= 11 is 0. The molecule has 2 fully saturated rings. The zero-order valence-corrected chi connectivity index (χ0v) is 15.6. The van der Waals surface area contributed by atoms with E-state index in [2.05, 4.69) is 22.9 Å². The van der Waals surface area contributed by atoms with Gasteiger partial charge in [-0.3, -0.25) is 14.4 Å². The van der Waals surface area contributed by atoms with Crippen molar-refractivity contribution in [1.82, 2.24) is 5.32 Å². The molecule has 2 saturated carbocycles. The molecule has 6 heteroatoms. The maximum Gasteiger partial charge on any atom is 0.251 e. The first-order valence-electron chi connectivity index (χ1n) is 9.33. The standard InChI is InChI=1S/C20H27N3O3/c1-11(19-7-14-4-5-15(19)6-14)21-20(26)16-8-17(22-12(2)24)10-18(9-16)23-13(3)25/h8-11,14-15,19H,4-7H2,1-3H3,(H,21,26)(H,22,24)(H,23,25). The molecule has 0 spiro atoms. The number of fused-ring (bicyclic) bond motifs is 2. The van der Waals surface area contributed by atoms with Gasteiger partial charge in [-0.05, 0) is 62.1 Å². The Morgan fingerprint density at radius 3 is 2.04 bits per heavy atom. The van der Waals surface area contributed by atoms with Crippen LogP contribution in [0.2, 0.25) is 0 Å². The summed E-state index contributed by atoms with van der Waals surface area (Å²) in [4.78, 5) is 35.5. The second-order valence-corrected chi connectivity index (χ2v) is 7.76. The van der Waals surface area contributed by atoms with E-state index >= 15 is 0 Å². The summed E-state index contributed by atoms with van der Waals surface area (Å²) in [5.41, 5.74) is 1.40. The lowest BCUT2D eigenvalue weighted by molar-refractivity contribution is -0.115. The lowest BCUT2D eigenvalue weighted by atomic mass is 9.84. The Morgan fingerprint density at radius 2 is 1.58 bits per heavy atom. The molecule has 2 aliphatic rings. The topological polar surface area (TPSA) is 87.3 Å². The number of hydrogen-bond acceptors (Lipinski definition) is 3. The number of anilines is 2. The second kappa shape index (κ2) is 7.48. The predicted octanol–water partition coefficient (Wildman–Crippen LogP) is 3.16. The van der Waals surface area contributed by atoms with Crippen LogP contribution in [0.15, 0.2) is 18.2 Å². The SMILES string of the molecule is CC(=O)Nc1cc(NC(C)=O)cc(C(=O)NC(C)C2CC3CCC2C3)c1. The van der Waals surface area contributed by atoms with Gasteiger partial charge in [-0.25, -0.2) is 0 Å². The quantitative estimate of drug-likeness (QED) is 0.756. The normalized spacial score (nSPS) is 24.8. The molecule has 140 valence electrons. The number of nitrogens with one attached hydrogen (secondary N) is 3. The third-order valence-electron chi connectivity index (χ3n) is 5.63. The zero-order chi connectivity index (χ0) is 18.8. The van der Waals surface area contributed by atoms with Crippen LogP contribution in [0.5, 0.6) is 0 Å². The lowest BCUT2D eigenvalue weighted by Gasteiger charge is -2.28. The molecule has 0 heterocycles. The van der Waals surface area contributed by atoms with Gasteiger partial charge in [0, 0.05) is 36.8 Å². The molecule has 26 heavy (non-hydrogen) atoms. The van der Waals surface area contributed by atoms with Crippen molar-refractivity contribution in [3.8, 4) is 0 Å². The third kappa shape index (κ3) is 4.23. The van der Waals surface area contributed by atoms with Gasteiger partial charge < -0.3 is 16.0 Å². The molecule has 2 bridgehead atoms. The maximum absolute atomic E-state index is 12.8. The van der Waals surface area contributed by atoms with Crippen LogP contribution in [-0.4, -0.2) is 23.8 Å². The van der Waals surface area contributed by atoms with E-state index in [4.69, 9.17) is 0 Å². The number of rotatable bonds is 5. The molecule has 6 nitrogen and oxygen atoms in total. The molecular weight excluding hydrogens is 330 g/mol. The van der Waals surface area contributed by atoms with Crippen LogP contribution in [0, 0.1) is 17.8 Å². The van der Waals surface area contributed by atoms with E-state index in [9.17, 15) is 14.4 Å². The first-order chi connectivity index (χ1) is 12.3. The molecule has 3 amide bonds. The van der Waals surface area contributed by atoms with Crippen molar-refractivity contribution in [2.75, 3.05) is 10.6 Å². The number of benzene rings is 1. The molecule has 0 aliphatic heterocycles. The molecule has 3 rings (SSSR count). The van der Waals surface area contributed by atoms with E-state index in [-0.39, 0.29) is 23.8 Å². The zero-order valence-electron chi connectivity index (χ0n) is 15.6. The van der Waals surface area contributed by atoms with Gasteiger partial charge in [-0.2, -0.15) is 0 Å². The number of hydrogen-bond donors (Lipinski definition) is 3. The minimum absolute atomic E-state index is 0.117. The largest absolute Gasteiger partial charge is 0.349 e. The average molecular weight is 357 g/mol. The summed E-state index contributed by atoms with van der Waals surface area (Å²) in [6.45, 7) is 4.89. The number of carbonyl (C=O) groups excluding carboxylic acids is 3. The van der Waals surface area contributed by atoms with Crippen molar-refractivity contribution in [2.24, 2.45) is 17.8 Å². The molecule has 2 aliphatic carbocycles. The molecule has 0 saturated heterocycles. The monoisotopic (exact) mass is 357 g/mol. The van der Waals surface area contributed by atoms with Gasteiger partial charge in [0.05, 0.1) is 0 Å². The summed E-state index contributed by atoms with van der Waals surface area (Å²) < 4.78 is 0. The van der Waals surface area contributed by atoms with Gasteiger partial charge in [-0.15, -0.1) is 0 Å². The van der Waals surface area contributed by atoms with Crippen LogP contribution < -0.4 is 16.0 Å². The molecule has 1 aromatic carbocycles. The van der Waals surface area contributed by atoms with Gasteiger partial charge >= 0.3 is 0 Å². The Kier molecular flexibility index (Phi) is 5.30. The average Bonchev–Trinajstić information content (AvgIpc) is 3.16. The van der Waals surface area contributed by atoms with Gasteiger partial charge in [0.15, 0.2) is 0 Å². The fourth-order valence-electron chi connectivity index (χ4n) is 4.61. The van der Waals surface area contributed by atoms with E-state index in [1.54, 1.807) is 18.2 Å². The summed E-state index contributed by atoms with van der Waals surface area (Å²) in [6.07, 6.45) is 5.12. The van der Waals surface area contributed by atoms with Crippen LogP contribution in [0.1, 0.15) is 56.8 Å². The van der Waals surface area contributed by atoms with Gasteiger partial charge in [0.1, 0.15) is 0 Å².